The highest BCUT2D eigenvalue weighted by Gasteiger charge is 2.44. The molecule has 1 aromatic heterocycles. The van der Waals surface area contributed by atoms with E-state index < -0.39 is 29.7 Å². The van der Waals surface area contributed by atoms with E-state index in [1.54, 1.807) is 52.0 Å². The number of hydrogen-bond donors (Lipinski definition) is 1. The number of anilines is 1. The minimum Gasteiger partial charge on any atom is -0.462 e. The third-order valence-electron chi connectivity index (χ3n) is 5.11. The summed E-state index contributed by atoms with van der Waals surface area (Å²) in [6.45, 7) is 9.10. The van der Waals surface area contributed by atoms with Crippen LogP contribution in [0.4, 0.5) is 5.00 Å². The number of nitrogens with zero attached hydrogens (tertiary/aromatic N) is 1. The van der Waals surface area contributed by atoms with Gasteiger partial charge in [0, 0.05) is 4.88 Å². The van der Waals surface area contributed by atoms with E-state index >= 15 is 0 Å². The molecule has 0 fully saturated rings. The predicted molar refractivity (Wildman–Crippen MR) is 114 cm³/mol. The highest BCUT2D eigenvalue weighted by Crippen LogP contribution is 2.34. The first-order chi connectivity index (χ1) is 14.2. The quantitative estimate of drug-likeness (QED) is 0.558. The first-order valence-corrected chi connectivity index (χ1v) is 10.6. The molecule has 158 valence electrons. The topological polar surface area (TPSA) is 92.8 Å². The second-order valence-corrected chi connectivity index (χ2v) is 8.64. The fourth-order valence-electron chi connectivity index (χ4n) is 3.53. The molecule has 3 amide bonds. The number of thiophene rings is 1. The molecule has 0 aliphatic carbocycles. The number of aryl methyl sites for hydroxylation is 1. The molecule has 1 aromatic carbocycles. The molecule has 1 atom stereocenters. The van der Waals surface area contributed by atoms with Crippen LogP contribution in [0.15, 0.2) is 24.3 Å². The fourth-order valence-corrected chi connectivity index (χ4v) is 4.58. The molecule has 0 bridgehead atoms. The van der Waals surface area contributed by atoms with Gasteiger partial charge in [-0.1, -0.05) is 26.0 Å². The minimum absolute atomic E-state index is 0.213. The van der Waals surface area contributed by atoms with Gasteiger partial charge in [0.15, 0.2) is 0 Å². The van der Waals surface area contributed by atoms with Crippen LogP contribution in [-0.2, 0) is 9.53 Å². The number of amides is 3. The minimum atomic E-state index is -1.02. The average Bonchev–Trinajstić information content (AvgIpc) is 3.10. The first-order valence-electron chi connectivity index (χ1n) is 9.73. The molecule has 30 heavy (non-hydrogen) atoms. The molecule has 1 aliphatic rings. The van der Waals surface area contributed by atoms with Gasteiger partial charge >= 0.3 is 5.97 Å². The van der Waals surface area contributed by atoms with E-state index in [1.165, 1.54) is 11.3 Å². The van der Waals surface area contributed by atoms with E-state index in [0.717, 1.165) is 15.3 Å². The number of benzene rings is 1. The summed E-state index contributed by atoms with van der Waals surface area (Å²) in [4.78, 5) is 53.3. The number of esters is 1. The van der Waals surface area contributed by atoms with E-state index in [-0.39, 0.29) is 23.7 Å². The maximum absolute atomic E-state index is 13.2. The lowest BCUT2D eigenvalue weighted by Gasteiger charge is -2.28. The molecular formula is C22H24N2O5S. The number of rotatable bonds is 6. The molecule has 7 nitrogen and oxygen atoms in total. The SMILES string of the molecule is CCOC(=O)c1c(NC(=O)C(C(C)C)N2C(=O)c3ccccc3C2=O)sc(C)c1C. The molecule has 0 saturated carbocycles. The molecule has 8 heteroatoms. The summed E-state index contributed by atoms with van der Waals surface area (Å²) >= 11 is 1.26. The standard InChI is InChI=1S/C22H24N2O5S/c1-6-29-22(28)16-12(4)13(5)30-19(16)23-18(25)17(11(2)3)24-20(26)14-9-7-8-10-15(14)21(24)27/h7-11,17H,6H2,1-5H3,(H,23,25). The first kappa shape index (κ1) is 21.7. The van der Waals surface area contributed by atoms with Gasteiger partial charge in [-0.25, -0.2) is 4.79 Å². The van der Waals surface area contributed by atoms with Crippen molar-refractivity contribution in [2.24, 2.45) is 5.92 Å². The van der Waals surface area contributed by atoms with E-state index in [1.807, 2.05) is 6.92 Å². The summed E-state index contributed by atoms with van der Waals surface area (Å²) in [6, 6.07) is 5.50. The summed E-state index contributed by atoms with van der Waals surface area (Å²) in [5.74, 6) is -2.36. The third-order valence-corrected chi connectivity index (χ3v) is 6.23. The Kier molecular flexibility index (Phi) is 6.07. The number of fused-ring (bicyclic) bond motifs is 1. The molecule has 2 aromatic rings. The van der Waals surface area contributed by atoms with Crippen LogP contribution in [0.1, 0.15) is 62.3 Å². The van der Waals surface area contributed by atoms with Crippen molar-refractivity contribution in [3.8, 4) is 0 Å². The van der Waals surface area contributed by atoms with Crippen molar-refractivity contribution in [3.63, 3.8) is 0 Å². The highest BCUT2D eigenvalue weighted by molar-refractivity contribution is 7.16. The second-order valence-electron chi connectivity index (χ2n) is 7.41. The Morgan fingerprint density at radius 2 is 1.67 bits per heavy atom. The summed E-state index contributed by atoms with van der Waals surface area (Å²) in [7, 11) is 0. The molecule has 0 spiro atoms. The van der Waals surface area contributed by atoms with Gasteiger partial charge in [-0.3, -0.25) is 19.3 Å². The summed E-state index contributed by atoms with van der Waals surface area (Å²) in [5.41, 5.74) is 1.61. The maximum atomic E-state index is 13.2. The molecular weight excluding hydrogens is 404 g/mol. The maximum Gasteiger partial charge on any atom is 0.341 e. The van der Waals surface area contributed by atoms with Crippen molar-refractivity contribution in [2.45, 2.75) is 40.7 Å². The zero-order valence-electron chi connectivity index (χ0n) is 17.6. The fraction of sp³-hybridized carbons (Fsp3) is 0.364. The Labute approximate surface area is 179 Å². The van der Waals surface area contributed by atoms with Crippen LogP contribution in [0.3, 0.4) is 0 Å². The van der Waals surface area contributed by atoms with Crippen molar-refractivity contribution in [1.29, 1.82) is 0 Å². The van der Waals surface area contributed by atoms with Crippen LogP contribution in [0, 0.1) is 19.8 Å². The Morgan fingerprint density at radius 1 is 1.10 bits per heavy atom. The Morgan fingerprint density at radius 3 is 2.17 bits per heavy atom. The predicted octanol–water partition coefficient (Wildman–Crippen LogP) is 3.80. The third kappa shape index (κ3) is 3.63. The largest absolute Gasteiger partial charge is 0.462 e. The molecule has 1 unspecified atom stereocenters. The summed E-state index contributed by atoms with van der Waals surface area (Å²) < 4.78 is 5.13. The molecule has 0 radical (unpaired) electrons. The number of hydrogen-bond acceptors (Lipinski definition) is 6. The smallest absolute Gasteiger partial charge is 0.341 e. The van der Waals surface area contributed by atoms with E-state index in [9.17, 15) is 19.2 Å². The van der Waals surface area contributed by atoms with Gasteiger partial charge in [0.2, 0.25) is 5.91 Å². The lowest BCUT2D eigenvalue weighted by molar-refractivity contribution is -0.121. The number of carbonyl (C=O) groups is 4. The lowest BCUT2D eigenvalue weighted by Crippen LogP contribution is -2.50. The van der Waals surface area contributed by atoms with Crippen molar-refractivity contribution in [1.82, 2.24) is 4.90 Å². The molecule has 1 N–H and O–H groups in total. The van der Waals surface area contributed by atoms with Crippen LogP contribution < -0.4 is 5.32 Å². The van der Waals surface area contributed by atoms with E-state index in [2.05, 4.69) is 5.32 Å². The second kappa shape index (κ2) is 8.39. The summed E-state index contributed by atoms with van der Waals surface area (Å²) in [5, 5.41) is 3.13. The van der Waals surface area contributed by atoms with Crippen LogP contribution in [0.25, 0.3) is 0 Å². The number of nitrogens with one attached hydrogen (secondary N) is 1. The van der Waals surface area contributed by atoms with Crippen molar-refractivity contribution >= 4 is 40.0 Å². The normalized spacial score (nSPS) is 14.1. The van der Waals surface area contributed by atoms with Crippen LogP contribution in [0.5, 0.6) is 0 Å². The molecule has 3 rings (SSSR count). The van der Waals surface area contributed by atoms with Crippen molar-refractivity contribution in [3.05, 3.63) is 51.4 Å². The Balaban J connectivity index is 1.94. The van der Waals surface area contributed by atoms with Crippen LogP contribution in [0.2, 0.25) is 0 Å². The van der Waals surface area contributed by atoms with E-state index in [4.69, 9.17) is 4.74 Å². The van der Waals surface area contributed by atoms with Gasteiger partial charge in [0.05, 0.1) is 23.3 Å². The van der Waals surface area contributed by atoms with Crippen LogP contribution in [-0.4, -0.2) is 41.2 Å². The molecule has 1 aliphatic heterocycles. The number of imide groups is 1. The molecule has 0 saturated heterocycles. The van der Waals surface area contributed by atoms with Gasteiger partial charge < -0.3 is 10.1 Å². The number of ether oxygens (including phenoxy) is 1. The van der Waals surface area contributed by atoms with Gasteiger partial charge in [0.1, 0.15) is 11.0 Å². The van der Waals surface area contributed by atoms with Gasteiger partial charge in [-0.15, -0.1) is 11.3 Å². The van der Waals surface area contributed by atoms with Crippen molar-refractivity contribution < 1.29 is 23.9 Å². The monoisotopic (exact) mass is 428 g/mol. The van der Waals surface area contributed by atoms with Crippen molar-refractivity contribution in [2.75, 3.05) is 11.9 Å². The van der Waals surface area contributed by atoms with E-state index in [0.29, 0.717) is 10.6 Å². The number of carbonyl (C=O) groups excluding carboxylic acids is 4. The molecule has 2 heterocycles. The van der Waals surface area contributed by atoms with Crippen LogP contribution >= 0.6 is 11.3 Å². The highest BCUT2D eigenvalue weighted by atomic mass is 32.1. The average molecular weight is 429 g/mol. The zero-order valence-corrected chi connectivity index (χ0v) is 18.4. The van der Waals surface area contributed by atoms with Gasteiger partial charge in [-0.05, 0) is 44.4 Å². The lowest BCUT2D eigenvalue weighted by atomic mass is 10.0. The van der Waals surface area contributed by atoms with Gasteiger partial charge in [-0.2, -0.15) is 0 Å². The Bertz CT molecular complexity index is 1010. The van der Waals surface area contributed by atoms with Gasteiger partial charge in [0.25, 0.3) is 11.8 Å². The Hall–Kier alpha value is -3.00. The zero-order chi connectivity index (χ0) is 22.2. The summed E-state index contributed by atoms with van der Waals surface area (Å²) in [6.07, 6.45) is 0.